The summed E-state index contributed by atoms with van der Waals surface area (Å²) in [6.07, 6.45) is -0.396. The number of para-hydroxylation sites is 1. The Morgan fingerprint density at radius 1 is 0.966 bits per heavy atom. The SMILES string of the molecule is COC(=O)C1(C(=O)OC)CC(c2ccccc2)ON(c2ccccc2)C1C(C)C. The Balaban J connectivity index is 2.21. The average molecular weight is 397 g/mol. The normalized spacial score (nSPS) is 20.9. The molecule has 154 valence electrons. The van der Waals surface area contributed by atoms with Gasteiger partial charge in [-0.2, -0.15) is 0 Å². The topological polar surface area (TPSA) is 65.1 Å². The Hall–Kier alpha value is -2.86. The number of benzene rings is 2. The number of esters is 2. The van der Waals surface area contributed by atoms with Crippen LogP contribution in [0.3, 0.4) is 0 Å². The van der Waals surface area contributed by atoms with Crippen LogP contribution in [0.15, 0.2) is 60.7 Å². The molecule has 0 saturated carbocycles. The summed E-state index contributed by atoms with van der Waals surface area (Å²) in [7, 11) is 2.59. The summed E-state index contributed by atoms with van der Waals surface area (Å²) in [6, 6.07) is 18.4. The highest BCUT2D eigenvalue weighted by atomic mass is 16.7. The second kappa shape index (κ2) is 8.66. The van der Waals surface area contributed by atoms with Gasteiger partial charge in [-0.15, -0.1) is 0 Å². The van der Waals surface area contributed by atoms with Gasteiger partial charge < -0.3 is 9.47 Å². The summed E-state index contributed by atoms with van der Waals surface area (Å²) in [6.45, 7) is 3.90. The number of hydroxylamine groups is 1. The number of nitrogens with zero attached hydrogens (tertiary/aromatic N) is 1. The molecule has 2 unspecified atom stereocenters. The van der Waals surface area contributed by atoms with Crippen LogP contribution < -0.4 is 5.06 Å². The molecule has 0 N–H and O–H groups in total. The van der Waals surface area contributed by atoms with Crippen molar-refractivity contribution in [1.82, 2.24) is 0 Å². The number of hydrogen-bond acceptors (Lipinski definition) is 6. The van der Waals surface area contributed by atoms with E-state index < -0.39 is 29.5 Å². The van der Waals surface area contributed by atoms with E-state index in [1.165, 1.54) is 14.2 Å². The first-order valence-corrected chi connectivity index (χ1v) is 9.68. The van der Waals surface area contributed by atoms with E-state index in [1.54, 1.807) is 5.06 Å². The molecule has 2 atom stereocenters. The molecule has 3 rings (SSSR count). The van der Waals surface area contributed by atoms with Gasteiger partial charge in [-0.1, -0.05) is 62.4 Å². The van der Waals surface area contributed by atoms with Gasteiger partial charge in [0.2, 0.25) is 0 Å². The molecule has 0 aliphatic carbocycles. The highest BCUT2D eigenvalue weighted by Crippen LogP contribution is 2.49. The molecule has 0 radical (unpaired) electrons. The van der Waals surface area contributed by atoms with Crippen molar-refractivity contribution in [1.29, 1.82) is 0 Å². The first kappa shape index (κ1) is 20.9. The van der Waals surface area contributed by atoms with Gasteiger partial charge >= 0.3 is 11.9 Å². The van der Waals surface area contributed by atoms with Crippen LogP contribution in [0.2, 0.25) is 0 Å². The Kier molecular flexibility index (Phi) is 6.23. The molecule has 0 amide bonds. The molecular weight excluding hydrogens is 370 g/mol. The molecule has 6 nitrogen and oxygen atoms in total. The van der Waals surface area contributed by atoms with Crippen molar-refractivity contribution in [3.63, 3.8) is 0 Å². The second-order valence-electron chi connectivity index (χ2n) is 7.51. The minimum Gasteiger partial charge on any atom is -0.468 e. The van der Waals surface area contributed by atoms with Gasteiger partial charge in [-0.05, 0) is 23.6 Å². The zero-order valence-corrected chi connectivity index (χ0v) is 17.2. The summed E-state index contributed by atoms with van der Waals surface area (Å²) in [4.78, 5) is 32.7. The van der Waals surface area contributed by atoms with Crippen LogP contribution in [0.25, 0.3) is 0 Å². The largest absolute Gasteiger partial charge is 0.468 e. The standard InChI is InChI=1S/C23H27NO5/c1-16(2)20-23(21(25)27-3,22(26)28-4)15-19(17-11-7-5-8-12-17)29-24(20)18-13-9-6-10-14-18/h5-14,16,19-20H,15H2,1-4H3. The molecule has 1 heterocycles. The predicted octanol–water partition coefficient (Wildman–Crippen LogP) is 3.93. The zero-order valence-electron chi connectivity index (χ0n) is 17.2. The lowest BCUT2D eigenvalue weighted by Gasteiger charge is -2.50. The number of ether oxygens (including phenoxy) is 2. The lowest BCUT2D eigenvalue weighted by atomic mass is 9.69. The minimum absolute atomic E-state index is 0.106. The Labute approximate surface area is 171 Å². The zero-order chi connectivity index (χ0) is 21.0. The third-order valence-electron chi connectivity index (χ3n) is 5.42. The third-order valence-corrected chi connectivity index (χ3v) is 5.42. The number of carbonyl (C=O) groups excluding carboxylic acids is 2. The maximum atomic E-state index is 13.2. The summed E-state index contributed by atoms with van der Waals surface area (Å²) in [5.41, 5.74) is 0.0866. The summed E-state index contributed by atoms with van der Waals surface area (Å²) in [5.74, 6) is -1.34. The van der Waals surface area contributed by atoms with Crippen molar-refractivity contribution in [2.75, 3.05) is 19.3 Å². The van der Waals surface area contributed by atoms with Gasteiger partial charge in [0.25, 0.3) is 0 Å². The number of hydrogen-bond donors (Lipinski definition) is 0. The summed E-state index contributed by atoms with van der Waals surface area (Å²) < 4.78 is 10.3. The van der Waals surface area contributed by atoms with E-state index in [0.717, 1.165) is 11.3 Å². The smallest absolute Gasteiger partial charge is 0.325 e. The first-order chi connectivity index (χ1) is 14.0. The molecule has 0 aromatic heterocycles. The van der Waals surface area contributed by atoms with Crippen molar-refractivity contribution < 1.29 is 23.9 Å². The van der Waals surface area contributed by atoms with Gasteiger partial charge in [0.15, 0.2) is 5.41 Å². The van der Waals surface area contributed by atoms with Gasteiger partial charge in [0.05, 0.1) is 25.9 Å². The summed E-state index contributed by atoms with van der Waals surface area (Å²) in [5, 5.41) is 1.68. The molecule has 1 fully saturated rings. The van der Waals surface area contributed by atoms with Gasteiger partial charge in [0.1, 0.15) is 6.10 Å². The van der Waals surface area contributed by atoms with Gasteiger partial charge in [-0.25, -0.2) is 5.06 Å². The quantitative estimate of drug-likeness (QED) is 0.563. The molecule has 6 heteroatoms. The molecule has 2 aromatic rings. The van der Waals surface area contributed by atoms with Crippen LogP contribution in [-0.4, -0.2) is 32.2 Å². The molecule has 1 aliphatic rings. The molecule has 1 saturated heterocycles. The van der Waals surface area contributed by atoms with Crippen LogP contribution in [0.5, 0.6) is 0 Å². The first-order valence-electron chi connectivity index (χ1n) is 9.68. The molecule has 1 aliphatic heterocycles. The summed E-state index contributed by atoms with van der Waals surface area (Å²) >= 11 is 0. The van der Waals surface area contributed by atoms with Gasteiger partial charge in [-0.3, -0.25) is 14.4 Å². The van der Waals surface area contributed by atoms with Crippen LogP contribution in [0, 0.1) is 11.3 Å². The maximum Gasteiger partial charge on any atom is 0.325 e. The highest BCUT2D eigenvalue weighted by Gasteiger charge is 2.62. The van der Waals surface area contributed by atoms with E-state index in [4.69, 9.17) is 14.3 Å². The van der Waals surface area contributed by atoms with Crippen molar-refractivity contribution in [2.24, 2.45) is 11.3 Å². The van der Waals surface area contributed by atoms with Crippen LogP contribution in [0.4, 0.5) is 5.69 Å². The fraction of sp³-hybridized carbons (Fsp3) is 0.391. The van der Waals surface area contributed by atoms with E-state index in [2.05, 4.69) is 0 Å². The van der Waals surface area contributed by atoms with Crippen molar-refractivity contribution >= 4 is 17.6 Å². The predicted molar refractivity (Wildman–Crippen MR) is 109 cm³/mol. The Bertz CT molecular complexity index is 821. The van der Waals surface area contributed by atoms with Crippen LogP contribution >= 0.6 is 0 Å². The molecule has 2 aromatic carbocycles. The molecule has 29 heavy (non-hydrogen) atoms. The third kappa shape index (κ3) is 3.72. The van der Waals surface area contributed by atoms with Gasteiger partial charge in [0, 0.05) is 6.42 Å². The average Bonchev–Trinajstić information content (AvgIpc) is 2.77. The van der Waals surface area contributed by atoms with E-state index in [0.29, 0.717) is 0 Å². The Morgan fingerprint density at radius 3 is 1.97 bits per heavy atom. The van der Waals surface area contributed by atoms with E-state index >= 15 is 0 Å². The van der Waals surface area contributed by atoms with Crippen molar-refractivity contribution in [3.05, 3.63) is 66.2 Å². The second-order valence-corrected chi connectivity index (χ2v) is 7.51. The number of carbonyl (C=O) groups is 2. The lowest BCUT2D eigenvalue weighted by Crippen LogP contribution is -2.63. The minimum atomic E-state index is -1.54. The van der Waals surface area contributed by atoms with Crippen molar-refractivity contribution in [2.45, 2.75) is 32.4 Å². The van der Waals surface area contributed by atoms with Crippen LogP contribution in [0.1, 0.15) is 31.9 Å². The number of rotatable bonds is 5. The Morgan fingerprint density at radius 2 is 1.48 bits per heavy atom. The monoisotopic (exact) mass is 397 g/mol. The fourth-order valence-corrected chi connectivity index (χ4v) is 4.19. The maximum absolute atomic E-state index is 13.2. The van der Waals surface area contributed by atoms with E-state index in [1.807, 2.05) is 74.5 Å². The highest BCUT2D eigenvalue weighted by molar-refractivity contribution is 6.01. The molecule has 0 spiro atoms. The number of methoxy groups -OCH3 is 2. The number of anilines is 1. The van der Waals surface area contributed by atoms with E-state index in [9.17, 15) is 9.59 Å². The lowest BCUT2D eigenvalue weighted by molar-refractivity contribution is -0.188. The molecule has 0 bridgehead atoms. The van der Waals surface area contributed by atoms with Crippen molar-refractivity contribution in [3.8, 4) is 0 Å². The van der Waals surface area contributed by atoms with E-state index in [-0.39, 0.29) is 12.3 Å². The fourth-order valence-electron chi connectivity index (χ4n) is 4.19. The van der Waals surface area contributed by atoms with Crippen LogP contribution in [-0.2, 0) is 23.9 Å². The molecular formula is C23H27NO5.